The molecule has 4 heterocycles. The van der Waals surface area contributed by atoms with Crippen molar-refractivity contribution in [3.05, 3.63) is 96.2 Å². The zero-order valence-corrected chi connectivity index (χ0v) is 29.7. The summed E-state index contributed by atoms with van der Waals surface area (Å²) in [5.74, 6) is -0.225. The zero-order chi connectivity index (χ0) is 36.7. The predicted octanol–water partition coefficient (Wildman–Crippen LogP) is 6.61. The van der Waals surface area contributed by atoms with Gasteiger partial charge < -0.3 is 15.2 Å². The van der Waals surface area contributed by atoms with Gasteiger partial charge in [0.25, 0.3) is 12.0 Å². The van der Waals surface area contributed by atoms with E-state index >= 15 is 0 Å². The fourth-order valence-corrected chi connectivity index (χ4v) is 8.73. The van der Waals surface area contributed by atoms with E-state index in [-0.39, 0.29) is 51.2 Å². The van der Waals surface area contributed by atoms with Crippen LogP contribution >= 0.6 is 23.2 Å². The van der Waals surface area contributed by atoms with Crippen LogP contribution in [0.5, 0.6) is 5.88 Å². The molecule has 1 saturated heterocycles. The van der Waals surface area contributed by atoms with E-state index in [0.717, 1.165) is 52.3 Å². The minimum Gasteiger partial charge on any atom is -0.481 e. The highest BCUT2D eigenvalue weighted by Crippen LogP contribution is 2.55. The average Bonchev–Trinajstić information content (AvgIpc) is 3.40. The predicted molar refractivity (Wildman–Crippen MR) is 193 cm³/mol. The van der Waals surface area contributed by atoms with Crippen LogP contribution in [0.2, 0.25) is 10.0 Å². The summed E-state index contributed by atoms with van der Waals surface area (Å²) in [6.07, 6.45) is -1.28. The Balaban J connectivity index is 1.15. The second-order valence-electron chi connectivity index (χ2n) is 13.5. The van der Waals surface area contributed by atoms with Gasteiger partial charge in [-0.3, -0.25) is 23.6 Å². The number of pyridine rings is 2. The first-order valence-corrected chi connectivity index (χ1v) is 17.4. The molecule has 3 aromatic heterocycles. The number of carbonyl (C=O) groups is 1. The Bertz CT molecular complexity index is 2440. The smallest absolute Gasteiger partial charge is 0.330 e. The lowest BCUT2D eigenvalue weighted by Crippen LogP contribution is -2.37. The molecule has 2 aliphatic carbocycles. The molecule has 0 bridgehead atoms. The van der Waals surface area contributed by atoms with Crippen molar-refractivity contribution >= 4 is 51.6 Å². The van der Waals surface area contributed by atoms with E-state index in [2.05, 4.69) is 15.2 Å². The number of alkyl halides is 2. The Morgan fingerprint density at radius 2 is 1.65 bits per heavy atom. The molecule has 1 saturated carbocycles. The molecule has 8 rings (SSSR count). The molecule has 2 fully saturated rings. The molecule has 3 aliphatic rings. The highest BCUT2D eigenvalue weighted by molar-refractivity contribution is 6.39. The minimum atomic E-state index is -2.97. The summed E-state index contributed by atoms with van der Waals surface area (Å²) in [5.41, 5.74) is 2.77. The third kappa shape index (κ3) is 5.36. The van der Waals surface area contributed by atoms with Crippen molar-refractivity contribution in [1.29, 1.82) is 0 Å². The van der Waals surface area contributed by atoms with Gasteiger partial charge in [0.15, 0.2) is 0 Å². The fourth-order valence-electron chi connectivity index (χ4n) is 8.13. The average molecular weight is 750 g/mol. The van der Waals surface area contributed by atoms with Crippen LogP contribution in [-0.4, -0.2) is 55.3 Å². The Hall–Kier alpha value is -4.85. The molecule has 0 spiro atoms. The van der Waals surface area contributed by atoms with Gasteiger partial charge in [-0.25, -0.2) is 23.5 Å². The summed E-state index contributed by atoms with van der Waals surface area (Å²) in [7, 11) is 4.28. The number of carboxylic acid groups (broad SMARTS) is 1. The van der Waals surface area contributed by atoms with Gasteiger partial charge in [-0.05, 0) is 48.4 Å². The summed E-state index contributed by atoms with van der Waals surface area (Å²) in [6.45, 7) is 1.50. The maximum Gasteiger partial charge on any atom is 0.330 e. The standard InChI is InChI=1S/C37H32Cl2F2N6O5/c1-45-26-13-24(32(40)41)43-33(29(26)35(48)46(2)37(45)51)42-22-9-5-7-18(31(22)39)17-6-4-8-19(30(17)38)23-12-16-10-11-25(27(16)34(44-23)52-3)47-14-20-21(15-47)28(20)36(49)50/h4-9,12-13,20-21,25,28,32H,10-11,14-15H2,1-3H3,(H,42,43)(H,49,50)/t20-,21+,25-,28?/m0/s1. The van der Waals surface area contributed by atoms with E-state index in [9.17, 15) is 28.3 Å². The van der Waals surface area contributed by atoms with E-state index in [0.29, 0.717) is 33.3 Å². The number of rotatable bonds is 8. The third-order valence-corrected chi connectivity index (χ3v) is 11.6. The van der Waals surface area contributed by atoms with Crippen LogP contribution in [0, 0.1) is 17.8 Å². The highest BCUT2D eigenvalue weighted by Gasteiger charge is 2.60. The van der Waals surface area contributed by atoms with Crippen molar-refractivity contribution in [3.8, 4) is 28.3 Å². The number of aromatic nitrogens is 4. The molecule has 1 aliphatic heterocycles. The van der Waals surface area contributed by atoms with Crippen molar-refractivity contribution in [2.45, 2.75) is 25.3 Å². The number of likely N-dealkylation sites (tertiary alicyclic amines) is 1. The lowest BCUT2D eigenvalue weighted by Gasteiger charge is -2.27. The van der Waals surface area contributed by atoms with Gasteiger partial charge in [-0.15, -0.1) is 0 Å². The molecular weight excluding hydrogens is 717 g/mol. The van der Waals surface area contributed by atoms with Gasteiger partial charge in [-0.2, -0.15) is 0 Å². The molecule has 15 heteroatoms. The summed E-state index contributed by atoms with van der Waals surface area (Å²) >= 11 is 14.1. The summed E-state index contributed by atoms with van der Waals surface area (Å²) in [4.78, 5) is 48.7. The summed E-state index contributed by atoms with van der Waals surface area (Å²) in [5, 5.41) is 13.0. The topological polar surface area (TPSA) is 132 Å². The molecule has 4 atom stereocenters. The van der Waals surface area contributed by atoms with Gasteiger partial charge in [0.1, 0.15) is 16.9 Å². The van der Waals surface area contributed by atoms with Crippen LogP contribution < -0.4 is 21.3 Å². The summed E-state index contributed by atoms with van der Waals surface area (Å²) in [6, 6.07) is 13.7. The maximum atomic E-state index is 13.9. The van der Waals surface area contributed by atoms with Gasteiger partial charge in [0.05, 0.1) is 40.0 Å². The van der Waals surface area contributed by atoms with Crippen LogP contribution in [-0.2, 0) is 25.3 Å². The van der Waals surface area contributed by atoms with E-state index in [1.807, 2.05) is 18.2 Å². The van der Waals surface area contributed by atoms with E-state index < -0.39 is 29.3 Å². The number of hydrogen-bond acceptors (Lipinski definition) is 8. The molecule has 0 radical (unpaired) electrons. The normalized spacial score (nSPS) is 20.7. The Kier molecular flexibility index (Phi) is 8.35. The van der Waals surface area contributed by atoms with Crippen LogP contribution in [0.3, 0.4) is 0 Å². The number of carboxylic acids is 1. The van der Waals surface area contributed by atoms with E-state index in [1.165, 1.54) is 14.1 Å². The molecule has 268 valence electrons. The van der Waals surface area contributed by atoms with Crippen molar-refractivity contribution in [1.82, 2.24) is 24.0 Å². The van der Waals surface area contributed by atoms with Crippen molar-refractivity contribution in [3.63, 3.8) is 0 Å². The van der Waals surface area contributed by atoms with Crippen LogP contribution in [0.1, 0.15) is 35.7 Å². The van der Waals surface area contributed by atoms with Gasteiger partial charge >= 0.3 is 11.7 Å². The fraction of sp³-hybridized carbons (Fsp3) is 0.324. The minimum absolute atomic E-state index is 0.00335. The van der Waals surface area contributed by atoms with Crippen molar-refractivity contribution < 1.29 is 23.4 Å². The first-order valence-electron chi connectivity index (χ1n) is 16.7. The number of benzene rings is 2. The molecule has 5 aromatic rings. The highest BCUT2D eigenvalue weighted by atomic mass is 35.5. The zero-order valence-electron chi connectivity index (χ0n) is 28.2. The van der Waals surface area contributed by atoms with Crippen molar-refractivity contribution in [2.24, 2.45) is 31.8 Å². The first-order chi connectivity index (χ1) is 24.9. The van der Waals surface area contributed by atoms with Gasteiger partial charge in [0.2, 0.25) is 5.88 Å². The lowest BCUT2D eigenvalue weighted by molar-refractivity contribution is -0.139. The first kappa shape index (κ1) is 34.2. The molecule has 2 N–H and O–H groups in total. The van der Waals surface area contributed by atoms with Crippen LogP contribution in [0.15, 0.2) is 58.1 Å². The van der Waals surface area contributed by atoms with Gasteiger partial charge in [0, 0.05) is 55.5 Å². The number of halogens is 4. The monoisotopic (exact) mass is 748 g/mol. The maximum absolute atomic E-state index is 13.9. The second-order valence-corrected chi connectivity index (χ2v) is 14.3. The number of ether oxygens (including phenoxy) is 1. The Morgan fingerprint density at radius 1 is 0.981 bits per heavy atom. The number of aliphatic carboxylic acids is 1. The quantitative estimate of drug-likeness (QED) is 0.180. The number of nitrogens with zero attached hydrogens (tertiary/aromatic N) is 5. The van der Waals surface area contributed by atoms with Gasteiger partial charge in [-0.1, -0.05) is 53.5 Å². The van der Waals surface area contributed by atoms with E-state index in [1.54, 1.807) is 31.4 Å². The SMILES string of the molecule is COc1nc(-c2cccc(-c3cccc(Nc4nc(C(F)F)cc5c4c(=O)n(C)c(=O)n5C)c3Cl)c2Cl)cc2c1[C@@H](N1C[C@@H]3C(C(=O)O)[C@@H]3C1)CC2. The number of piperidine rings is 1. The number of fused-ring (bicyclic) bond motifs is 3. The van der Waals surface area contributed by atoms with E-state index in [4.69, 9.17) is 32.9 Å². The number of methoxy groups -OCH3 is 1. The molecule has 0 amide bonds. The Labute approximate surface area is 305 Å². The molecule has 1 unspecified atom stereocenters. The summed E-state index contributed by atoms with van der Waals surface area (Å²) < 4.78 is 35.7. The number of anilines is 2. The molecular formula is C37H32Cl2F2N6O5. The number of hydrogen-bond donors (Lipinski definition) is 2. The second kappa shape index (κ2) is 12.7. The lowest BCUT2D eigenvalue weighted by atomic mass is 9.99. The van der Waals surface area contributed by atoms with Crippen LogP contribution in [0.25, 0.3) is 33.3 Å². The van der Waals surface area contributed by atoms with Crippen LogP contribution in [0.4, 0.5) is 20.3 Å². The largest absolute Gasteiger partial charge is 0.481 e. The number of aryl methyl sites for hydroxylation is 2. The third-order valence-electron chi connectivity index (χ3n) is 10.8. The Morgan fingerprint density at radius 3 is 2.33 bits per heavy atom. The number of nitrogens with one attached hydrogen (secondary N) is 1. The molecule has 11 nitrogen and oxygen atoms in total. The molecule has 52 heavy (non-hydrogen) atoms. The van der Waals surface area contributed by atoms with Crippen molar-refractivity contribution in [2.75, 3.05) is 25.5 Å². The molecule has 2 aromatic carbocycles.